The van der Waals surface area contributed by atoms with E-state index in [0.717, 1.165) is 27.5 Å². The van der Waals surface area contributed by atoms with E-state index in [4.69, 9.17) is 10.7 Å². The van der Waals surface area contributed by atoms with Crippen molar-refractivity contribution in [1.29, 1.82) is 0 Å². The van der Waals surface area contributed by atoms with Crippen LogP contribution in [0.15, 0.2) is 53.9 Å². The molecule has 0 atom stereocenters. The Morgan fingerprint density at radius 1 is 1.00 bits per heavy atom. The van der Waals surface area contributed by atoms with Crippen LogP contribution >= 0.6 is 11.3 Å². The molecular formula is C16H14N2S. The van der Waals surface area contributed by atoms with Crippen molar-refractivity contribution in [3.8, 4) is 21.8 Å². The van der Waals surface area contributed by atoms with E-state index in [-0.39, 0.29) is 0 Å². The maximum absolute atomic E-state index is 5.81. The molecule has 19 heavy (non-hydrogen) atoms. The topological polar surface area (TPSA) is 38.9 Å². The summed E-state index contributed by atoms with van der Waals surface area (Å²) < 4.78 is 0. The molecule has 0 radical (unpaired) electrons. The van der Waals surface area contributed by atoms with Crippen molar-refractivity contribution < 1.29 is 0 Å². The Kier molecular flexibility index (Phi) is 3.05. The Morgan fingerprint density at radius 3 is 2.58 bits per heavy atom. The average Bonchev–Trinajstić information content (AvgIpc) is 2.88. The molecule has 0 unspecified atom stereocenters. The Morgan fingerprint density at radius 2 is 1.79 bits per heavy atom. The van der Waals surface area contributed by atoms with Gasteiger partial charge in [-0.1, -0.05) is 35.9 Å². The van der Waals surface area contributed by atoms with Crippen LogP contribution in [0.4, 0.5) is 5.69 Å². The lowest BCUT2D eigenvalue weighted by Crippen LogP contribution is -1.85. The molecular weight excluding hydrogens is 252 g/mol. The predicted octanol–water partition coefficient (Wildman–Crippen LogP) is 4.37. The Balaban J connectivity index is 2.00. The first-order valence-corrected chi connectivity index (χ1v) is 6.99. The van der Waals surface area contributed by atoms with E-state index in [1.54, 1.807) is 11.3 Å². The summed E-state index contributed by atoms with van der Waals surface area (Å²) in [5.74, 6) is 0. The number of aryl methyl sites for hydroxylation is 1. The number of aromatic nitrogens is 1. The van der Waals surface area contributed by atoms with Gasteiger partial charge in [-0.3, -0.25) is 0 Å². The molecule has 0 bridgehead atoms. The summed E-state index contributed by atoms with van der Waals surface area (Å²) in [4.78, 5) is 4.70. The quantitative estimate of drug-likeness (QED) is 0.700. The zero-order valence-corrected chi connectivity index (χ0v) is 11.4. The minimum absolute atomic E-state index is 0.768. The number of anilines is 1. The molecule has 1 aromatic heterocycles. The van der Waals surface area contributed by atoms with Crippen LogP contribution in [0.2, 0.25) is 0 Å². The molecule has 0 saturated heterocycles. The van der Waals surface area contributed by atoms with E-state index in [2.05, 4.69) is 36.6 Å². The van der Waals surface area contributed by atoms with Crippen molar-refractivity contribution in [3.63, 3.8) is 0 Å². The standard InChI is InChI=1S/C16H14N2S/c1-11-4-2-5-12(8-11)15-10-19-16(18-15)13-6-3-7-14(17)9-13/h2-10H,17H2,1H3. The maximum Gasteiger partial charge on any atom is 0.124 e. The number of thiazole rings is 1. The first-order chi connectivity index (χ1) is 9.22. The molecule has 0 aliphatic carbocycles. The van der Waals surface area contributed by atoms with E-state index in [1.807, 2.05) is 24.3 Å². The lowest BCUT2D eigenvalue weighted by Gasteiger charge is -1.99. The summed E-state index contributed by atoms with van der Waals surface area (Å²) in [7, 11) is 0. The number of benzene rings is 2. The number of hydrogen-bond donors (Lipinski definition) is 1. The summed E-state index contributed by atoms with van der Waals surface area (Å²) in [6.07, 6.45) is 0. The lowest BCUT2D eigenvalue weighted by molar-refractivity contribution is 1.38. The fourth-order valence-corrected chi connectivity index (χ4v) is 2.84. The van der Waals surface area contributed by atoms with Crippen molar-refractivity contribution in [3.05, 3.63) is 59.5 Å². The summed E-state index contributed by atoms with van der Waals surface area (Å²) in [6.45, 7) is 2.09. The molecule has 3 rings (SSSR count). The first kappa shape index (κ1) is 11.9. The third-order valence-electron chi connectivity index (χ3n) is 2.95. The fraction of sp³-hybridized carbons (Fsp3) is 0.0625. The molecule has 0 aliphatic rings. The number of rotatable bonds is 2. The monoisotopic (exact) mass is 266 g/mol. The van der Waals surface area contributed by atoms with Gasteiger partial charge in [-0.25, -0.2) is 4.98 Å². The molecule has 0 amide bonds. The Bertz CT molecular complexity index is 656. The smallest absolute Gasteiger partial charge is 0.124 e. The fourth-order valence-electron chi connectivity index (χ4n) is 2.02. The highest BCUT2D eigenvalue weighted by molar-refractivity contribution is 7.13. The van der Waals surface area contributed by atoms with E-state index >= 15 is 0 Å². The van der Waals surface area contributed by atoms with Gasteiger partial charge in [0.1, 0.15) is 5.01 Å². The summed E-state index contributed by atoms with van der Waals surface area (Å²) >= 11 is 1.65. The van der Waals surface area contributed by atoms with Gasteiger partial charge in [0.15, 0.2) is 0 Å². The molecule has 1 heterocycles. The van der Waals surface area contributed by atoms with Gasteiger partial charge in [-0.15, -0.1) is 11.3 Å². The highest BCUT2D eigenvalue weighted by Crippen LogP contribution is 2.29. The third kappa shape index (κ3) is 2.51. The molecule has 2 nitrogen and oxygen atoms in total. The van der Waals surface area contributed by atoms with Crippen molar-refractivity contribution >= 4 is 17.0 Å². The third-order valence-corrected chi connectivity index (χ3v) is 3.84. The van der Waals surface area contributed by atoms with Gasteiger partial charge < -0.3 is 5.73 Å². The van der Waals surface area contributed by atoms with Crippen LogP contribution in [-0.2, 0) is 0 Å². The molecule has 2 N–H and O–H groups in total. The van der Waals surface area contributed by atoms with E-state index in [1.165, 1.54) is 5.56 Å². The number of nitrogen functional groups attached to an aromatic ring is 1. The minimum atomic E-state index is 0.768. The normalized spacial score (nSPS) is 10.6. The Labute approximate surface area is 116 Å². The second-order valence-corrected chi connectivity index (χ2v) is 5.39. The van der Waals surface area contributed by atoms with Crippen molar-refractivity contribution in [1.82, 2.24) is 4.98 Å². The van der Waals surface area contributed by atoms with Gasteiger partial charge in [0.25, 0.3) is 0 Å². The van der Waals surface area contributed by atoms with E-state index in [9.17, 15) is 0 Å². The van der Waals surface area contributed by atoms with E-state index < -0.39 is 0 Å². The highest BCUT2D eigenvalue weighted by Gasteiger charge is 2.06. The van der Waals surface area contributed by atoms with Gasteiger partial charge in [0.2, 0.25) is 0 Å². The zero-order chi connectivity index (χ0) is 13.2. The summed E-state index contributed by atoms with van der Waals surface area (Å²) in [5, 5.41) is 3.09. The average molecular weight is 266 g/mol. The highest BCUT2D eigenvalue weighted by atomic mass is 32.1. The van der Waals surface area contributed by atoms with Gasteiger partial charge >= 0.3 is 0 Å². The van der Waals surface area contributed by atoms with Crippen LogP contribution in [0.1, 0.15) is 5.56 Å². The molecule has 94 valence electrons. The van der Waals surface area contributed by atoms with Crippen LogP contribution in [0.3, 0.4) is 0 Å². The number of hydrogen-bond acceptors (Lipinski definition) is 3. The van der Waals surface area contributed by atoms with Gasteiger partial charge in [0, 0.05) is 22.2 Å². The second-order valence-electron chi connectivity index (χ2n) is 4.53. The second kappa shape index (κ2) is 4.86. The minimum Gasteiger partial charge on any atom is -0.399 e. The largest absolute Gasteiger partial charge is 0.399 e. The number of nitrogens with zero attached hydrogens (tertiary/aromatic N) is 1. The molecule has 3 heteroatoms. The molecule has 0 spiro atoms. The molecule has 0 fully saturated rings. The van der Waals surface area contributed by atoms with Crippen LogP contribution in [0, 0.1) is 6.92 Å². The van der Waals surface area contributed by atoms with Crippen LogP contribution < -0.4 is 5.73 Å². The van der Waals surface area contributed by atoms with Gasteiger partial charge in [-0.05, 0) is 25.1 Å². The predicted molar refractivity (Wildman–Crippen MR) is 82.1 cm³/mol. The van der Waals surface area contributed by atoms with Crippen LogP contribution in [0.5, 0.6) is 0 Å². The van der Waals surface area contributed by atoms with E-state index in [0.29, 0.717) is 0 Å². The summed E-state index contributed by atoms with van der Waals surface area (Å²) in [6, 6.07) is 16.2. The molecule has 0 aliphatic heterocycles. The van der Waals surface area contributed by atoms with Crippen LogP contribution in [0.25, 0.3) is 21.8 Å². The zero-order valence-electron chi connectivity index (χ0n) is 10.6. The first-order valence-electron chi connectivity index (χ1n) is 6.11. The molecule has 2 aromatic carbocycles. The SMILES string of the molecule is Cc1cccc(-c2csc(-c3cccc(N)c3)n2)c1. The van der Waals surface area contributed by atoms with Crippen molar-refractivity contribution in [2.75, 3.05) is 5.73 Å². The lowest BCUT2D eigenvalue weighted by atomic mass is 10.1. The molecule has 0 saturated carbocycles. The van der Waals surface area contributed by atoms with Crippen molar-refractivity contribution in [2.45, 2.75) is 6.92 Å². The molecule has 3 aromatic rings. The Hall–Kier alpha value is -2.13. The van der Waals surface area contributed by atoms with Gasteiger partial charge in [-0.2, -0.15) is 0 Å². The van der Waals surface area contributed by atoms with Crippen LogP contribution in [-0.4, -0.2) is 4.98 Å². The van der Waals surface area contributed by atoms with Gasteiger partial charge in [0.05, 0.1) is 5.69 Å². The maximum atomic E-state index is 5.81. The summed E-state index contributed by atoms with van der Waals surface area (Å²) in [5.41, 5.74) is 11.1. The number of nitrogens with two attached hydrogens (primary N) is 1. The van der Waals surface area contributed by atoms with Crippen molar-refractivity contribution in [2.24, 2.45) is 0 Å².